The van der Waals surface area contributed by atoms with E-state index in [-0.39, 0.29) is 28.6 Å². The number of carbonyl (C=O) groups is 1. The largest absolute Gasteiger partial charge is 0.442 e. The van der Waals surface area contributed by atoms with Crippen molar-refractivity contribution < 1.29 is 9.21 Å². The van der Waals surface area contributed by atoms with Crippen molar-refractivity contribution in [3.8, 4) is 0 Å². The maximum atomic E-state index is 12.9. The fourth-order valence-corrected chi connectivity index (χ4v) is 3.30. The monoisotopic (exact) mass is 347 g/mol. The Kier molecular flexibility index (Phi) is 3.80. The van der Waals surface area contributed by atoms with E-state index >= 15 is 0 Å². The number of carbonyl (C=O) groups excluding carboxylic acids is 1. The SMILES string of the molecule is Cc1oc2nc[nH]c(=O)c2c1C(=O)NC(C)c1cccc2ccccc12. The molecule has 0 radical (unpaired) electrons. The zero-order valence-electron chi connectivity index (χ0n) is 14.4. The van der Waals surface area contributed by atoms with Crippen molar-refractivity contribution in [3.05, 3.63) is 76.0 Å². The first-order valence-electron chi connectivity index (χ1n) is 8.31. The second-order valence-electron chi connectivity index (χ2n) is 6.21. The molecule has 2 N–H and O–H groups in total. The van der Waals surface area contributed by atoms with Gasteiger partial charge < -0.3 is 14.7 Å². The van der Waals surface area contributed by atoms with Crippen molar-refractivity contribution in [1.82, 2.24) is 15.3 Å². The molecule has 0 saturated heterocycles. The molecule has 2 aromatic heterocycles. The summed E-state index contributed by atoms with van der Waals surface area (Å²) in [5.74, 6) is 0.00649. The van der Waals surface area contributed by atoms with E-state index in [0.717, 1.165) is 16.3 Å². The first-order valence-corrected chi connectivity index (χ1v) is 8.31. The third-order valence-electron chi connectivity index (χ3n) is 4.53. The number of furan rings is 1. The quantitative estimate of drug-likeness (QED) is 0.594. The van der Waals surface area contributed by atoms with E-state index < -0.39 is 5.56 Å². The van der Waals surface area contributed by atoms with Crippen LogP contribution in [0.3, 0.4) is 0 Å². The van der Waals surface area contributed by atoms with Gasteiger partial charge in [-0.3, -0.25) is 9.59 Å². The van der Waals surface area contributed by atoms with Crippen molar-refractivity contribution in [2.45, 2.75) is 19.9 Å². The van der Waals surface area contributed by atoms with E-state index in [1.165, 1.54) is 6.33 Å². The van der Waals surface area contributed by atoms with Gasteiger partial charge in [0, 0.05) is 0 Å². The van der Waals surface area contributed by atoms with Crippen molar-refractivity contribution in [3.63, 3.8) is 0 Å². The highest BCUT2D eigenvalue weighted by Gasteiger charge is 2.23. The second-order valence-corrected chi connectivity index (χ2v) is 6.21. The number of rotatable bonds is 3. The Morgan fingerprint density at radius 2 is 1.96 bits per heavy atom. The molecule has 0 aliphatic rings. The number of aromatic nitrogens is 2. The number of amides is 1. The molecule has 0 spiro atoms. The Bertz CT molecular complexity index is 1180. The molecule has 1 atom stereocenters. The molecular weight excluding hydrogens is 330 g/mol. The van der Waals surface area contributed by atoms with Crippen molar-refractivity contribution >= 4 is 27.8 Å². The standard InChI is InChI=1S/C20H17N3O3/c1-11(14-9-5-7-13-6-3-4-8-15(13)14)23-19(25)16-12(2)26-20-17(16)18(24)21-10-22-20/h3-11H,1-2H3,(H,23,25)(H,21,22,24). The molecule has 6 heteroatoms. The van der Waals surface area contributed by atoms with Gasteiger partial charge in [0.05, 0.1) is 17.9 Å². The van der Waals surface area contributed by atoms with Gasteiger partial charge in [-0.1, -0.05) is 42.5 Å². The van der Waals surface area contributed by atoms with E-state index in [1.54, 1.807) is 6.92 Å². The highest BCUT2D eigenvalue weighted by molar-refractivity contribution is 6.06. The fraction of sp³-hybridized carbons (Fsp3) is 0.150. The van der Waals surface area contributed by atoms with E-state index in [0.29, 0.717) is 5.76 Å². The van der Waals surface area contributed by atoms with Crippen LogP contribution in [0.2, 0.25) is 0 Å². The highest BCUT2D eigenvalue weighted by atomic mass is 16.3. The summed E-state index contributed by atoms with van der Waals surface area (Å²) in [5.41, 5.74) is 0.999. The molecule has 0 aliphatic heterocycles. The zero-order chi connectivity index (χ0) is 18.3. The third kappa shape index (κ3) is 2.56. The molecule has 26 heavy (non-hydrogen) atoms. The van der Waals surface area contributed by atoms with Crippen LogP contribution >= 0.6 is 0 Å². The molecule has 4 aromatic rings. The van der Waals surface area contributed by atoms with Crippen molar-refractivity contribution in [2.24, 2.45) is 0 Å². The molecule has 130 valence electrons. The van der Waals surface area contributed by atoms with Crippen LogP contribution in [0.4, 0.5) is 0 Å². The topological polar surface area (TPSA) is 88.0 Å². The average molecular weight is 347 g/mol. The summed E-state index contributed by atoms with van der Waals surface area (Å²) < 4.78 is 5.47. The van der Waals surface area contributed by atoms with Gasteiger partial charge in [-0.25, -0.2) is 4.98 Å². The molecule has 2 heterocycles. The summed E-state index contributed by atoms with van der Waals surface area (Å²) >= 11 is 0. The summed E-state index contributed by atoms with van der Waals surface area (Å²) in [6, 6.07) is 13.8. The van der Waals surface area contributed by atoms with Gasteiger partial charge in [-0.2, -0.15) is 0 Å². The Morgan fingerprint density at radius 3 is 2.81 bits per heavy atom. The maximum absolute atomic E-state index is 12.9. The number of nitrogens with zero attached hydrogens (tertiary/aromatic N) is 1. The molecule has 6 nitrogen and oxygen atoms in total. The molecule has 0 bridgehead atoms. The molecule has 0 aliphatic carbocycles. The van der Waals surface area contributed by atoms with Crippen LogP contribution in [-0.4, -0.2) is 15.9 Å². The number of fused-ring (bicyclic) bond motifs is 2. The van der Waals surface area contributed by atoms with E-state index in [2.05, 4.69) is 15.3 Å². The van der Waals surface area contributed by atoms with Crippen LogP contribution in [0.15, 0.2) is 58.0 Å². The Morgan fingerprint density at radius 1 is 1.19 bits per heavy atom. The van der Waals surface area contributed by atoms with E-state index in [4.69, 9.17) is 4.42 Å². The summed E-state index contributed by atoms with van der Waals surface area (Å²) in [5, 5.41) is 5.33. The highest BCUT2D eigenvalue weighted by Crippen LogP contribution is 2.26. The minimum atomic E-state index is -0.394. The normalized spacial score (nSPS) is 12.4. The molecule has 1 unspecified atom stereocenters. The number of benzene rings is 2. The van der Waals surface area contributed by atoms with Crippen LogP contribution in [-0.2, 0) is 0 Å². The Balaban J connectivity index is 1.73. The molecule has 1 amide bonds. The lowest BCUT2D eigenvalue weighted by Gasteiger charge is -2.16. The summed E-state index contributed by atoms with van der Waals surface area (Å²) in [6.07, 6.45) is 1.26. The average Bonchev–Trinajstić information content (AvgIpc) is 2.98. The summed E-state index contributed by atoms with van der Waals surface area (Å²) in [7, 11) is 0. The van der Waals surface area contributed by atoms with Gasteiger partial charge in [-0.15, -0.1) is 0 Å². The van der Waals surface area contributed by atoms with Gasteiger partial charge in [0.1, 0.15) is 11.1 Å². The van der Waals surface area contributed by atoms with Crippen LogP contribution in [0.25, 0.3) is 21.9 Å². The van der Waals surface area contributed by atoms with Crippen LogP contribution in [0.5, 0.6) is 0 Å². The van der Waals surface area contributed by atoms with Crippen molar-refractivity contribution in [1.29, 1.82) is 0 Å². The summed E-state index contributed by atoms with van der Waals surface area (Å²) in [4.78, 5) is 31.4. The minimum absolute atomic E-state index is 0.161. The number of hydrogen-bond donors (Lipinski definition) is 2. The van der Waals surface area contributed by atoms with Gasteiger partial charge >= 0.3 is 0 Å². The first-order chi connectivity index (χ1) is 12.6. The molecule has 4 rings (SSSR count). The van der Waals surface area contributed by atoms with E-state index in [1.807, 2.05) is 49.4 Å². The minimum Gasteiger partial charge on any atom is -0.442 e. The van der Waals surface area contributed by atoms with Crippen LogP contribution < -0.4 is 10.9 Å². The first kappa shape index (κ1) is 16.1. The summed E-state index contributed by atoms with van der Waals surface area (Å²) in [6.45, 7) is 3.57. The third-order valence-corrected chi connectivity index (χ3v) is 4.53. The number of H-pyrrole nitrogens is 1. The Hall–Kier alpha value is -3.41. The molecule has 2 aromatic carbocycles. The smallest absolute Gasteiger partial charge is 0.262 e. The fourth-order valence-electron chi connectivity index (χ4n) is 3.30. The maximum Gasteiger partial charge on any atom is 0.262 e. The van der Waals surface area contributed by atoms with Gasteiger partial charge in [0.15, 0.2) is 0 Å². The van der Waals surface area contributed by atoms with Gasteiger partial charge in [0.2, 0.25) is 5.71 Å². The van der Waals surface area contributed by atoms with Gasteiger partial charge in [0.25, 0.3) is 11.5 Å². The Labute approximate surface area is 148 Å². The predicted octanol–water partition coefficient (Wildman–Crippen LogP) is 3.47. The second kappa shape index (κ2) is 6.15. The van der Waals surface area contributed by atoms with E-state index in [9.17, 15) is 9.59 Å². The molecule has 0 fully saturated rings. The molecule has 0 saturated carbocycles. The van der Waals surface area contributed by atoms with Gasteiger partial charge in [-0.05, 0) is 30.2 Å². The predicted molar refractivity (Wildman–Crippen MR) is 99.2 cm³/mol. The van der Waals surface area contributed by atoms with Crippen LogP contribution in [0.1, 0.15) is 34.6 Å². The number of aromatic amines is 1. The van der Waals surface area contributed by atoms with Crippen molar-refractivity contribution in [2.75, 3.05) is 0 Å². The number of hydrogen-bond acceptors (Lipinski definition) is 4. The number of aryl methyl sites for hydroxylation is 1. The van der Waals surface area contributed by atoms with Crippen LogP contribution in [0, 0.1) is 6.92 Å². The lowest BCUT2D eigenvalue weighted by Crippen LogP contribution is -2.28. The zero-order valence-corrected chi connectivity index (χ0v) is 14.4. The lowest BCUT2D eigenvalue weighted by atomic mass is 9.99. The lowest BCUT2D eigenvalue weighted by molar-refractivity contribution is 0.0940. The number of nitrogens with one attached hydrogen (secondary N) is 2. The molecular formula is C20H17N3O3.